The van der Waals surface area contributed by atoms with Crippen molar-refractivity contribution in [1.29, 1.82) is 0 Å². The zero-order chi connectivity index (χ0) is 19.4. The van der Waals surface area contributed by atoms with Crippen LogP contribution in [0.1, 0.15) is 18.4 Å². The van der Waals surface area contributed by atoms with Crippen LogP contribution in [0.15, 0.2) is 36.4 Å². The molecule has 1 heterocycles. The van der Waals surface area contributed by atoms with Crippen LogP contribution in [0.4, 0.5) is 5.69 Å². The number of nitrogens with zero attached hydrogens (tertiary/aromatic N) is 1. The van der Waals surface area contributed by atoms with Gasteiger partial charge in [-0.2, -0.15) is 0 Å². The van der Waals surface area contributed by atoms with Gasteiger partial charge in [0, 0.05) is 33.7 Å². The summed E-state index contributed by atoms with van der Waals surface area (Å²) in [6.07, 6.45) is 1.77. The van der Waals surface area contributed by atoms with E-state index < -0.39 is 0 Å². The molecule has 0 bridgehead atoms. The number of halogens is 3. The minimum atomic E-state index is -0.122. The van der Waals surface area contributed by atoms with E-state index in [0.29, 0.717) is 39.6 Å². The van der Waals surface area contributed by atoms with E-state index in [1.807, 2.05) is 18.2 Å². The van der Waals surface area contributed by atoms with Crippen molar-refractivity contribution in [2.45, 2.75) is 19.4 Å². The topological polar surface area (TPSA) is 41.6 Å². The fraction of sp³-hybridized carbons (Fsp3) is 0.350. The number of piperidine rings is 1. The Bertz CT molecular complexity index is 809. The molecule has 2 aromatic carbocycles. The van der Waals surface area contributed by atoms with Crippen molar-refractivity contribution in [3.05, 3.63) is 57.0 Å². The molecule has 0 aromatic heterocycles. The highest BCUT2D eigenvalue weighted by Gasteiger charge is 2.27. The molecule has 1 aliphatic heterocycles. The van der Waals surface area contributed by atoms with Gasteiger partial charge in [0.25, 0.3) is 0 Å². The smallest absolute Gasteiger partial charge is 0.228 e. The minimum absolute atomic E-state index is 0.0366. The van der Waals surface area contributed by atoms with Crippen LogP contribution in [0.3, 0.4) is 0 Å². The largest absolute Gasteiger partial charge is 0.495 e. The first-order valence-electron chi connectivity index (χ1n) is 8.77. The zero-order valence-electron chi connectivity index (χ0n) is 15.0. The summed E-state index contributed by atoms with van der Waals surface area (Å²) in [6.45, 7) is 2.19. The van der Waals surface area contributed by atoms with Crippen molar-refractivity contribution in [1.82, 2.24) is 4.90 Å². The Kier molecular flexibility index (Phi) is 6.88. The maximum Gasteiger partial charge on any atom is 0.228 e. The number of amides is 1. The van der Waals surface area contributed by atoms with E-state index in [-0.39, 0.29) is 11.8 Å². The van der Waals surface area contributed by atoms with E-state index in [1.54, 1.807) is 25.3 Å². The van der Waals surface area contributed by atoms with Crippen LogP contribution >= 0.6 is 34.8 Å². The summed E-state index contributed by atoms with van der Waals surface area (Å²) in [4.78, 5) is 15.0. The van der Waals surface area contributed by atoms with Crippen LogP contribution in [0.5, 0.6) is 5.75 Å². The molecule has 4 nitrogen and oxygen atoms in total. The number of carbonyl (C=O) groups excluding carboxylic acids is 1. The minimum Gasteiger partial charge on any atom is -0.495 e. The summed E-state index contributed by atoms with van der Waals surface area (Å²) in [5.74, 6) is 0.428. The third-order valence-corrected chi connectivity index (χ3v) is 5.68. The van der Waals surface area contributed by atoms with Gasteiger partial charge in [0.2, 0.25) is 5.91 Å². The van der Waals surface area contributed by atoms with Crippen molar-refractivity contribution in [3.8, 4) is 5.75 Å². The Labute approximate surface area is 174 Å². The molecular weight excluding hydrogens is 407 g/mol. The fourth-order valence-electron chi connectivity index (χ4n) is 3.33. The second-order valence-corrected chi connectivity index (χ2v) is 7.86. The van der Waals surface area contributed by atoms with Gasteiger partial charge in [0.1, 0.15) is 5.75 Å². The standard InChI is InChI=1S/C20H21Cl3N2O2/c1-27-19-8-7-14(21)10-18(19)24-20(26)13-4-3-9-25(11-13)12-15-16(22)5-2-6-17(15)23/h2,5-8,10,13H,3-4,9,11-12H2,1H3,(H,24,26)/t13-/m1/s1. The molecule has 0 saturated carbocycles. The van der Waals surface area contributed by atoms with E-state index in [2.05, 4.69) is 10.2 Å². The normalized spacial score (nSPS) is 17.6. The second kappa shape index (κ2) is 9.16. The number of anilines is 1. The Morgan fingerprint density at radius 3 is 2.67 bits per heavy atom. The Hall–Kier alpha value is -1.46. The highest BCUT2D eigenvalue weighted by Crippen LogP contribution is 2.30. The van der Waals surface area contributed by atoms with Crippen LogP contribution in [0.25, 0.3) is 0 Å². The molecule has 1 saturated heterocycles. The molecule has 0 spiro atoms. The molecule has 0 aliphatic carbocycles. The van der Waals surface area contributed by atoms with Crippen molar-refractivity contribution >= 4 is 46.4 Å². The molecule has 1 aliphatic rings. The predicted octanol–water partition coefficient (Wildman–Crippen LogP) is 5.51. The van der Waals surface area contributed by atoms with Gasteiger partial charge in [0.15, 0.2) is 0 Å². The molecule has 2 aromatic rings. The molecule has 7 heteroatoms. The Morgan fingerprint density at radius 1 is 1.22 bits per heavy atom. The van der Waals surface area contributed by atoms with Gasteiger partial charge in [-0.15, -0.1) is 0 Å². The lowest BCUT2D eigenvalue weighted by molar-refractivity contribution is -0.121. The SMILES string of the molecule is COc1ccc(Cl)cc1NC(=O)[C@@H]1CCCN(Cc2c(Cl)cccc2Cl)C1. The molecular formula is C20H21Cl3N2O2. The second-order valence-electron chi connectivity index (χ2n) is 6.61. The third kappa shape index (κ3) is 5.08. The number of carbonyl (C=O) groups is 1. The molecule has 144 valence electrons. The van der Waals surface area contributed by atoms with E-state index in [9.17, 15) is 4.79 Å². The van der Waals surface area contributed by atoms with Crippen LogP contribution in [-0.2, 0) is 11.3 Å². The molecule has 0 radical (unpaired) electrons. The van der Waals surface area contributed by atoms with Gasteiger partial charge < -0.3 is 10.1 Å². The van der Waals surface area contributed by atoms with E-state index >= 15 is 0 Å². The Balaban J connectivity index is 1.67. The van der Waals surface area contributed by atoms with Gasteiger partial charge >= 0.3 is 0 Å². The molecule has 27 heavy (non-hydrogen) atoms. The number of likely N-dealkylation sites (tertiary alicyclic amines) is 1. The average molecular weight is 428 g/mol. The predicted molar refractivity (Wildman–Crippen MR) is 111 cm³/mol. The van der Waals surface area contributed by atoms with Gasteiger partial charge in [0.05, 0.1) is 18.7 Å². The third-order valence-electron chi connectivity index (χ3n) is 4.74. The molecule has 1 N–H and O–H groups in total. The van der Waals surface area contributed by atoms with Gasteiger partial charge in [-0.1, -0.05) is 40.9 Å². The molecule has 1 amide bonds. The number of ether oxygens (including phenoxy) is 1. The summed E-state index contributed by atoms with van der Waals surface area (Å²) in [5, 5.41) is 4.80. The van der Waals surface area contributed by atoms with Crippen LogP contribution < -0.4 is 10.1 Å². The van der Waals surface area contributed by atoms with Crippen LogP contribution in [0, 0.1) is 5.92 Å². The van der Waals surface area contributed by atoms with Crippen molar-refractivity contribution in [3.63, 3.8) is 0 Å². The number of hydrogen-bond donors (Lipinski definition) is 1. The summed E-state index contributed by atoms with van der Waals surface area (Å²) in [7, 11) is 1.56. The van der Waals surface area contributed by atoms with Gasteiger partial charge in [-0.25, -0.2) is 0 Å². The lowest BCUT2D eigenvalue weighted by Gasteiger charge is -2.32. The van der Waals surface area contributed by atoms with Gasteiger partial charge in [-0.3, -0.25) is 9.69 Å². The van der Waals surface area contributed by atoms with E-state index in [4.69, 9.17) is 39.5 Å². The van der Waals surface area contributed by atoms with Crippen molar-refractivity contribution in [2.24, 2.45) is 5.92 Å². The van der Waals surface area contributed by atoms with Crippen LogP contribution in [0.2, 0.25) is 15.1 Å². The fourth-order valence-corrected chi connectivity index (χ4v) is 4.02. The zero-order valence-corrected chi connectivity index (χ0v) is 17.2. The monoisotopic (exact) mass is 426 g/mol. The highest BCUT2D eigenvalue weighted by molar-refractivity contribution is 6.36. The number of rotatable bonds is 5. The number of hydrogen-bond acceptors (Lipinski definition) is 3. The summed E-state index contributed by atoms with van der Waals surface area (Å²) < 4.78 is 5.30. The Morgan fingerprint density at radius 2 is 1.96 bits per heavy atom. The summed E-state index contributed by atoms with van der Waals surface area (Å²) in [6, 6.07) is 10.7. The number of benzene rings is 2. The molecule has 3 rings (SSSR count). The number of nitrogens with one attached hydrogen (secondary N) is 1. The van der Waals surface area contributed by atoms with E-state index in [1.165, 1.54) is 0 Å². The molecule has 1 fully saturated rings. The first-order valence-corrected chi connectivity index (χ1v) is 9.91. The van der Waals surface area contributed by atoms with Crippen molar-refractivity contribution < 1.29 is 9.53 Å². The molecule has 0 unspecified atom stereocenters. The summed E-state index contributed by atoms with van der Waals surface area (Å²) >= 11 is 18.6. The summed E-state index contributed by atoms with van der Waals surface area (Å²) in [5.41, 5.74) is 1.49. The first kappa shape index (κ1) is 20.3. The van der Waals surface area contributed by atoms with Crippen molar-refractivity contribution in [2.75, 3.05) is 25.5 Å². The van der Waals surface area contributed by atoms with Gasteiger partial charge in [-0.05, 0) is 49.7 Å². The lowest BCUT2D eigenvalue weighted by atomic mass is 9.96. The quantitative estimate of drug-likeness (QED) is 0.684. The van der Waals surface area contributed by atoms with Crippen LogP contribution in [-0.4, -0.2) is 31.0 Å². The highest BCUT2D eigenvalue weighted by atomic mass is 35.5. The number of methoxy groups -OCH3 is 1. The average Bonchev–Trinajstić information content (AvgIpc) is 2.65. The maximum atomic E-state index is 12.8. The maximum absolute atomic E-state index is 12.8. The molecule has 1 atom stereocenters. The first-order chi connectivity index (χ1) is 13.0. The van der Waals surface area contributed by atoms with E-state index in [0.717, 1.165) is 24.9 Å². The lowest BCUT2D eigenvalue weighted by Crippen LogP contribution is -2.40.